The van der Waals surface area contributed by atoms with E-state index in [9.17, 15) is 26.4 Å². The maximum Gasteiger partial charge on any atom is 0.416 e. The number of hydrogen-bond acceptors (Lipinski definition) is 4. The van der Waals surface area contributed by atoms with Crippen LogP contribution in [0.25, 0.3) is 0 Å². The van der Waals surface area contributed by atoms with Crippen molar-refractivity contribution < 1.29 is 26.4 Å². The summed E-state index contributed by atoms with van der Waals surface area (Å²) < 4.78 is 62.1. The second-order valence-corrected chi connectivity index (χ2v) is 6.91. The average Bonchev–Trinajstić information content (AvgIpc) is 2.35. The molecule has 0 aliphatic rings. The smallest absolute Gasteiger partial charge is 0.398 e. The summed E-state index contributed by atoms with van der Waals surface area (Å²) in [5, 5.41) is -1.44. The Labute approximate surface area is 120 Å². The summed E-state index contributed by atoms with van der Waals surface area (Å²) in [6.45, 7) is 1.16. The van der Waals surface area contributed by atoms with E-state index in [0.717, 1.165) is 17.9 Å². The van der Waals surface area contributed by atoms with Crippen LogP contribution in [0.5, 0.6) is 0 Å². The molecule has 118 valence electrons. The van der Waals surface area contributed by atoms with Gasteiger partial charge >= 0.3 is 6.18 Å². The number of benzene rings is 1. The van der Waals surface area contributed by atoms with Crippen LogP contribution < -0.4 is 5.73 Å². The van der Waals surface area contributed by atoms with E-state index in [-0.39, 0.29) is 0 Å². The Balaban J connectivity index is 3.31. The van der Waals surface area contributed by atoms with Gasteiger partial charge in [0.1, 0.15) is 5.25 Å². The first-order valence-corrected chi connectivity index (χ1v) is 7.35. The Morgan fingerprint density at radius 1 is 1.29 bits per heavy atom. The lowest BCUT2D eigenvalue weighted by Gasteiger charge is -2.18. The number of rotatable bonds is 3. The predicted molar refractivity (Wildman–Crippen MR) is 71.2 cm³/mol. The quantitative estimate of drug-likeness (QED) is 0.855. The zero-order chi connectivity index (χ0) is 16.6. The fraction of sp³-hybridized carbons (Fsp3) is 0.417. The molecule has 0 bridgehead atoms. The maximum atomic E-state index is 12.5. The van der Waals surface area contributed by atoms with E-state index in [1.165, 1.54) is 14.1 Å². The van der Waals surface area contributed by atoms with Crippen molar-refractivity contribution in [2.75, 3.05) is 19.8 Å². The van der Waals surface area contributed by atoms with Crippen LogP contribution in [-0.2, 0) is 20.8 Å². The monoisotopic (exact) mass is 324 g/mol. The molecule has 1 unspecified atom stereocenters. The van der Waals surface area contributed by atoms with Crippen LogP contribution in [0.1, 0.15) is 12.5 Å². The first-order valence-electron chi connectivity index (χ1n) is 5.80. The van der Waals surface area contributed by atoms with Crippen molar-refractivity contribution in [3.05, 3.63) is 23.8 Å². The average molecular weight is 324 g/mol. The van der Waals surface area contributed by atoms with Gasteiger partial charge in [-0.1, -0.05) is 0 Å². The summed E-state index contributed by atoms with van der Waals surface area (Å²) in [4.78, 5) is 12.3. The third-order valence-corrected chi connectivity index (χ3v) is 5.02. The minimum absolute atomic E-state index is 0.488. The topological polar surface area (TPSA) is 80.5 Å². The third kappa shape index (κ3) is 3.46. The van der Waals surface area contributed by atoms with E-state index in [0.29, 0.717) is 12.1 Å². The van der Waals surface area contributed by atoms with Gasteiger partial charge < -0.3 is 10.6 Å². The van der Waals surface area contributed by atoms with E-state index in [1.807, 2.05) is 0 Å². The Bertz CT molecular complexity index is 654. The molecule has 2 N–H and O–H groups in total. The van der Waals surface area contributed by atoms with Crippen molar-refractivity contribution in [2.45, 2.75) is 23.2 Å². The number of carbonyl (C=O) groups excluding carboxylic acids is 1. The number of amides is 1. The summed E-state index contributed by atoms with van der Waals surface area (Å²) in [5.74, 6) is -0.686. The van der Waals surface area contributed by atoms with Crippen LogP contribution in [0.15, 0.2) is 23.1 Å². The van der Waals surface area contributed by atoms with E-state index in [2.05, 4.69) is 0 Å². The number of nitrogens with two attached hydrogens (primary N) is 1. The molecule has 0 heterocycles. The highest BCUT2D eigenvalue weighted by atomic mass is 32.2. The molecule has 1 atom stereocenters. The molecule has 0 aliphatic carbocycles. The van der Waals surface area contributed by atoms with Gasteiger partial charge in [0.05, 0.1) is 16.1 Å². The molecule has 1 aromatic rings. The van der Waals surface area contributed by atoms with Crippen molar-refractivity contribution in [3.8, 4) is 0 Å². The van der Waals surface area contributed by atoms with Gasteiger partial charge in [-0.25, -0.2) is 8.42 Å². The normalized spacial score (nSPS) is 13.8. The number of nitrogens with zero attached hydrogens (tertiary/aromatic N) is 1. The molecule has 0 radical (unpaired) electrons. The molecule has 21 heavy (non-hydrogen) atoms. The van der Waals surface area contributed by atoms with Crippen LogP contribution in [0.3, 0.4) is 0 Å². The molecular formula is C12H15F3N2O3S. The summed E-state index contributed by atoms with van der Waals surface area (Å²) >= 11 is 0. The SMILES string of the molecule is CC(C(=O)N(C)C)S(=O)(=O)c1ccc(C(F)(F)F)cc1N. The van der Waals surface area contributed by atoms with Crippen molar-refractivity contribution in [3.63, 3.8) is 0 Å². The second kappa shape index (κ2) is 5.55. The summed E-state index contributed by atoms with van der Waals surface area (Å²) in [6, 6.07) is 1.93. The van der Waals surface area contributed by atoms with Gasteiger partial charge in [-0.3, -0.25) is 4.79 Å². The fourth-order valence-corrected chi connectivity index (χ4v) is 3.17. The number of anilines is 1. The van der Waals surface area contributed by atoms with Gasteiger partial charge in [-0.2, -0.15) is 13.2 Å². The van der Waals surface area contributed by atoms with Crippen LogP contribution in [0.4, 0.5) is 18.9 Å². The molecule has 0 aliphatic heterocycles. The van der Waals surface area contributed by atoms with Crippen molar-refractivity contribution >= 4 is 21.4 Å². The number of sulfone groups is 1. The summed E-state index contributed by atoms with van der Waals surface area (Å²) in [7, 11) is -1.40. The minimum atomic E-state index is -4.62. The van der Waals surface area contributed by atoms with E-state index < -0.39 is 43.3 Å². The molecule has 0 saturated carbocycles. The fourth-order valence-electron chi connectivity index (χ4n) is 1.67. The highest BCUT2D eigenvalue weighted by Crippen LogP contribution is 2.33. The van der Waals surface area contributed by atoms with Crippen LogP contribution in [-0.4, -0.2) is 38.6 Å². The Kier molecular flexibility index (Phi) is 4.57. The van der Waals surface area contributed by atoms with Crippen molar-refractivity contribution in [1.29, 1.82) is 0 Å². The third-order valence-electron chi connectivity index (χ3n) is 2.90. The number of nitrogen functional groups attached to an aromatic ring is 1. The summed E-state index contributed by atoms with van der Waals surface area (Å²) in [5.41, 5.74) is 3.83. The molecule has 1 rings (SSSR count). The Morgan fingerprint density at radius 2 is 1.81 bits per heavy atom. The lowest BCUT2D eigenvalue weighted by molar-refractivity contribution is -0.137. The highest BCUT2D eigenvalue weighted by Gasteiger charge is 2.35. The maximum absolute atomic E-state index is 12.5. The van der Waals surface area contributed by atoms with Crippen molar-refractivity contribution in [2.24, 2.45) is 0 Å². The molecule has 9 heteroatoms. The number of hydrogen-bond donors (Lipinski definition) is 1. The Morgan fingerprint density at radius 3 is 2.19 bits per heavy atom. The molecule has 0 saturated heterocycles. The van der Waals surface area contributed by atoms with E-state index in [4.69, 9.17) is 5.73 Å². The second-order valence-electron chi connectivity index (χ2n) is 4.67. The highest BCUT2D eigenvalue weighted by molar-refractivity contribution is 7.93. The molecule has 0 fully saturated rings. The van der Waals surface area contributed by atoms with Gasteiger partial charge in [0.15, 0.2) is 9.84 Å². The van der Waals surface area contributed by atoms with Crippen molar-refractivity contribution in [1.82, 2.24) is 4.90 Å². The zero-order valence-corrected chi connectivity index (χ0v) is 12.4. The predicted octanol–water partition coefficient (Wildman–Crippen LogP) is 1.54. The summed E-state index contributed by atoms with van der Waals surface area (Å²) in [6.07, 6.45) is -4.62. The molecule has 0 spiro atoms. The van der Waals surface area contributed by atoms with Crippen LogP contribution in [0, 0.1) is 0 Å². The van der Waals surface area contributed by atoms with Gasteiger partial charge in [0, 0.05) is 14.1 Å². The molecule has 0 aromatic heterocycles. The minimum Gasteiger partial charge on any atom is -0.398 e. The Hall–Kier alpha value is -1.77. The molecule has 1 amide bonds. The van der Waals surface area contributed by atoms with Crippen LogP contribution >= 0.6 is 0 Å². The van der Waals surface area contributed by atoms with E-state index in [1.54, 1.807) is 0 Å². The van der Waals surface area contributed by atoms with Gasteiger partial charge in [0.2, 0.25) is 5.91 Å². The standard InChI is InChI=1S/C12H15F3N2O3S/c1-7(11(18)17(2)3)21(19,20)10-5-4-8(6-9(10)16)12(13,14)15/h4-7H,16H2,1-3H3. The van der Waals surface area contributed by atoms with Crippen LogP contribution in [0.2, 0.25) is 0 Å². The first-order chi connectivity index (χ1) is 9.39. The molecule has 1 aromatic carbocycles. The first kappa shape index (κ1) is 17.3. The molecule has 5 nitrogen and oxygen atoms in total. The lowest BCUT2D eigenvalue weighted by atomic mass is 10.2. The van der Waals surface area contributed by atoms with E-state index >= 15 is 0 Å². The number of halogens is 3. The largest absolute Gasteiger partial charge is 0.416 e. The zero-order valence-electron chi connectivity index (χ0n) is 11.6. The van der Waals surface area contributed by atoms with Gasteiger partial charge in [-0.05, 0) is 25.1 Å². The molecular weight excluding hydrogens is 309 g/mol. The van der Waals surface area contributed by atoms with Gasteiger partial charge in [-0.15, -0.1) is 0 Å². The lowest BCUT2D eigenvalue weighted by Crippen LogP contribution is -2.37. The number of carbonyl (C=O) groups is 1. The van der Waals surface area contributed by atoms with Gasteiger partial charge in [0.25, 0.3) is 0 Å². The number of alkyl halides is 3.